The van der Waals surface area contributed by atoms with Crippen molar-refractivity contribution in [3.63, 3.8) is 0 Å². The number of likely N-dealkylation sites (N-methyl/N-ethyl adjacent to an activating group) is 1. The van der Waals surface area contributed by atoms with Crippen molar-refractivity contribution in [1.82, 2.24) is 10.2 Å². The van der Waals surface area contributed by atoms with Gasteiger partial charge in [-0.2, -0.15) is 0 Å². The van der Waals surface area contributed by atoms with Crippen LogP contribution in [0.2, 0.25) is 0 Å². The molecule has 5 heteroatoms. The number of nitrogens with one attached hydrogen (secondary N) is 1. The van der Waals surface area contributed by atoms with Gasteiger partial charge in [-0.05, 0) is 31.4 Å². The van der Waals surface area contributed by atoms with Gasteiger partial charge in [-0.15, -0.1) is 0 Å². The standard InChI is InChI=1S/C16H25N3O2/c1-13(12-20)18(2)16(21)17-10-14-8-9-19(11-14)15-6-4-3-5-7-15/h3-7,13-14,20H,8-12H2,1-2H3,(H,17,21). The van der Waals surface area contributed by atoms with Crippen LogP contribution in [0.3, 0.4) is 0 Å². The Labute approximate surface area is 126 Å². The van der Waals surface area contributed by atoms with Crippen LogP contribution in [0.4, 0.5) is 10.5 Å². The molecule has 1 fully saturated rings. The number of rotatable bonds is 5. The Balaban J connectivity index is 1.77. The average molecular weight is 291 g/mol. The molecule has 1 saturated heterocycles. The number of carbonyl (C=O) groups is 1. The molecule has 0 spiro atoms. The van der Waals surface area contributed by atoms with Crippen molar-refractivity contribution in [2.24, 2.45) is 5.92 Å². The van der Waals surface area contributed by atoms with E-state index >= 15 is 0 Å². The van der Waals surface area contributed by atoms with E-state index in [1.807, 2.05) is 13.0 Å². The molecule has 2 unspecified atom stereocenters. The monoisotopic (exact) mass is 291 g/mol. The molecule has 0 saturated carbocycles. The summed E-state index contributed by atoms with van der Waals surface area (Å²) in [7, 11) is 1.71. The second-order valence-electron chi connectivity index (χ2n) is 5.76. The molecule has 0 bridgehead atoms. The fourth-order valence-corrected chi connectivity index (χ4v) is 2.55. The molecule has 116 valence electrons. The highest BCUT2D eigenvalue weighted by atomic mass is 16.3. The van der Waals surface area contributed by atoms with Crippen LogP contribution in [-0.2, 0) is 0 Å². The molecule has 0 aromatic heterocycles. The van der Waals surface area contributed by atoms with E-state index in [0.717, 1.165) is 19.5 Å². The van der Waals surface area contributed by atoms with Crippen molar-refractivity contribution < 1.29 is 9.90 Å². The summed E-state index contributed by atoms with van der Waals surface area (Å²) >= 11 is 0. The quantitative estimate of drug-likeness (QED) is 0.865. The maximum atomic E-state index is 11.9. The van der Waals surface area contributed by atoms with Crippen LogP contribution < -0.4 is 10.2 Å². The summed E-state index contributed by atoms with van der Waals surface area (Å²) in [5.74, 6) is 0.479. The lowest BCUT2D eigenvalue weighted by atomic mass is 10.1. The Morgan fingerprint density at radius 3 is 2.86 bits per heavy atom. The summed E-state index contributed by atoms with van der Waals surface area (Å²) in [4.78, 5) is 15.8. The van der Waals surface area contributed by atoms with Crippen molar-refractivity contribution in [2.45, 2.75) is 19.4 Å². The van der Waals surface area contributed by atoms with E-state index in [1.165, 1.54) is 5.69 Å². The van der Waals surface area contributed by atoms with Gasteiger partial charge >= 0.3 is 6.03 Å². The van der Waals surface area contributed by atoms with Crippen LogP contribution in [0.25, 0.3) is 0 Å². The third-order valence-electron chi connectivity index (χ3n) is 4.19. The molecular formula is C16H25N3O2. The maximum absolute atomic E-state index is 11.9. The first-order valence-corrected chi connectivity index (χ1v) is 7.53. The molecule has 2 rings (SSSR count). The van der Waals surface area contributed by atoms with Gasteiger partial charge in [0.05, 0.1) is 12.6 Å². The van der Waals surface area contributed by atoms with Gasteiger partial charge in [0.25, 0.3) is 0 Å². The number of carbonyl (C=O) groups excluding carboxylic acids is 1. The minimum Gasteiger partial charge on any atom is -0.394 e. The number of anilines is 1. The van der Waals surface area contributed by atoms with Gasteiger partial charge in [-0.25, -0.2) is 4.79 Å². The second-order valence-corrected chi connectivity index (χ2v) is 5.76. The van der Waals surface area contributed by atoms with Gasteiger partial charge in [0.2, 0.25) is 0 Å². The third-order valence-corrected chi connectivity index (χ3v) is 4.19. The Morgan fingerprint density at radius 2 is 2.19 bits per heavy atom. The molecule has 1 aromatic carbocycles. The van der Waals surface area contributed by atoms with Gasteiger partial charge in [0, 0.05) is 32.4 Å². The van der Waals surface area contributed by atoms with E-state index in [0.29, 0.717) is 12.5 Å². The van der Waals surface area contributed by atoms with Gasteiger partial charge in [-0.1, -0.05) is 18.2 Å². The highest BCUT2D eigenvalue weighted by molar-refractivity contribution is 5.74. The summed E-state index contributed by atoms with van der Waals surface area (Å²) in [6.45, 7) is 4.50. The highest BCUT2D eigenvalue weighted by Crippen LogP contribution is 2.22. The largest absolute Gasteiger partial charge is 0.394 e. The van der Waals surface area contributed by atoms with Crippen LogP contribution in [0.5, 0.6) is 0 Å². The lowest BCUT2D eigenvalue weighted by Crippen LogP contribution is -2.45. The van der Waals surface area contributed by atoms with Crippen molar-refractivity contribution in [3.05, 3.63) is 30.3 Å². The molecule has 2 amide bonds. The van der Waals surface area contributed by atoms with Crippen LogP contribution in [-0.4, -0.2) is 55.4 Å². The minimum atomic E-state index is -0.158. The second kappa shape index (κ2) is 7.31. The Kier molecular flexibility index (Phi) is 5.44. The van der Waals surface area contributed by atoms with E-state index < -0.39 is 0 Å². The normalized spacial score (nSPS) is 19.4. The van der Waals surface area contributed by atoms with Crippen LogP contribution in [0, 0.1) is 5.92 Å². The lowest BCUT2D eigenvalue weighted by Gasteiger charge is -2.24. The van der Waals surface area contributed by atoms with Crippen LogP contribution >= 0.6 is 0 Å². The number of nitrogens with zero attached hydrogens (tertiary/aromatic N) is 2. The van der Waals surface area contributed by atoms with E-state index in [2.05, 4.69) is 34.5 Å². The lowest BCUT2D eigenvalue weighted by molar-refractivity contribution is 0.156. The topological polar surface area (TPSA) is 55.8 Å². The van der Waals surface area contributed by atoms with Gasteiger partial charge in [-0.3, -0.25) is 0 Å². The smallest absolute Gasteiger partial charge is 0.317 e. The minimum absolute atomic E-state index is 0.0187. The highest BCUT2D eigenvalue weighted by Gasteiger charge is 2.24. The molecule has 0 aliphatic carbocycles. The predicted molar refractivity (Wildman–Crippen MR) is 84.5 cm³/mol. The molecular weight excluding hydrogens is 266 g/mol. The number of hydrogen-bond acceptors (Lipinski definition) is 3. The molecule has 21 heavy (non-hydrogen) atoms. The number of amides is 2. The molecule has 1 aliphatic rings. The molecule has 1 aliphatic heterocycles. The van der Waals surface area contributed by atoms with Gasteiger partial charge < -0.3 is 20.2 Å². The summed E-state index contributed by atoms with van der Waals surface area (Å²) in [5, 5.41) is 12.0. The molecule has 5 nitrogen and oxygen atoms in total. The van der Waals surface area contributed by atoms with E-state index in [1.54, 1.807) is 11.9 Å². The first kappa shape index (κ1) is 15.6. The zero-order valence-corrected chi connectivity index (χ0v) is 12.8. The first-order valence-electron chi connectivity index (χ1n) is 7.53. The van der Waals surface area contributed by atoms with Crippen molar-refractivity contribution in [2.75, 3.05) is 38.2 Å². The number of urea groups is 1. The number of hydrogen-bond donors (Lipinski definition) is 2. The summed E-state index contributed by atoms with van der Waals surface area (Å²) < 4.78 is 0. The summed E-state index contributed by atoms with van der Waals surface area (Å²) in [6.07, 6.45) is 1.09. The SMILES string of the molecule is CC(CO)N(C)C(=O)NCC1CCN(c2ccccc2)C1. The Bertz CT molecular complexity index is 452. The van der Waals surface area contributed by atoms with E-state index in [9.17, 15) is 4.79 Å². The van der Waals surface area contributed by atoms with Gasteiger partial charge in [0.15, 0.2) is 0 Å². The van der Waals surface area contributed by atoms with Crippen molar-refractivity contribution in [3.8, 4) is 0 Å². The number of benzene rings is 1. The number of para-hydroxylation sites is 1. The van der Waals surface area contributed by atoms with Gasteiger partial charge in [0.1, 0.15) is 0 Å². The Hall–Kier alpha value is -1.75. The fraction of sp³-hybridized carbons (Fsp3) is 0.562. The molecule has 0 radical (unpaired) electrons. The molecule has 1 aromatic rings. The fourth-order valence-electron chi connectivity index (χ4n) is 2.55. The maximum Gasteiger partial charge on any atom is 0.317 e. The Morgan fingerprint density at radius 1 is 1.48 bits per heavy atom. The van der Waals surface area contributed by atoms with Crippen molar-refractivity contribution in [1.29, 1.82) is 0 Å². The summed E-state index contributed by atoms with van der Waals surface area (Å²) in [6, 6.07) is 10.1. The molecule has 2 N–H and O–H groups in total. The van der Waals surface area contributed by atoms with E-state index in [4.69, 9.17) is 5.11 Å². The van der Waals surface area contributed by atoms with E-state index in [-0.39, 0.29) is 18.7 Å². The average Bonchev–Trinajstić information content (AvgIpc) is 3.01. The number of aliphatic hydroxyl groups excluding tert-OH is 1. The predicted octanol–water partition coefficient (Wildman–Crippen LogP) is 1.54. The molecule has 2 atom stereocenters. The zero-order valence-electron chi connectivity index (χ0n) is 12.8. The molecule has 1 heterocycles. The van der Waals surface area contributed by atoms with Crippen LogP contribution in [0.1, 0.15) is 13.3 Å². The first-order chi connectivity index (χ1) is 10.1. The van der Waals surface area contributed by atoms with Crippen LogP contribution in [0.15, 0.2) is 30.3 Å². The third kappa shape index (κ3) is 4.11. The number of aliphatic hydroxyl groups is 1. The summed E-state index contributed by atoms with van der Waals surface area (Å²) in [5.41, 5.74) is 1.25. The zero-order chi connectivity index (χ0) is 15.2. The van der Waals surface area contributed by atoms with Crippen molar-refractivity contribution >= 4 is 11.7 Å².